The summed E-state index contributed by atoms with van der Waals surface area (Å²) in [6.45, 7) is 4.46. The highest BCUT2D eigenvalue weighted by Crippen LogP contribution is 2.31. The van der Waals surface area contributed by atoms with E-state index in [4.69, 9.17) is 23.2 Å². The molecule has 0 aliphatic heterocycles. The molecule has 1 aromatic carbocycles. The predicted octanol–water partition coefficient (Wildman–Crippen LogP) is 5.96. The lowest BCUT2D eigenvalue weighted by atomic mass is 10.0. The normalized spacial score (nSPS) is 13.0. The number of para-hydroxylation sites is 1. The minimum Gasteiger partial charge on any atom is -0.324 e. The minimum absolute atomic E-state index is 0.428. The molecule has 2 nitrogen and oxygen atoms in total. The Balaban J connectivity index is 2.51. The number of alkyl halides is 1. The minimum atomic E-state index is 0.428. The van der Waals surface area contributed by atoms with Crippen molar-refractivity contribution in [3.8, 4) is 0 Å². The summed E-state index contributed by atoms with van der Waals surface area (Å²) in [4.78, 5) is 4.64. The molecule has 20 heavy (non-hydrogen) atoms. The van der Waals surface area contributed by atoms with Gasteiger partial charge in [0, 0.05) is 6.04 Å². The highest BCUT2D eigenvalue weighted by molar-refractivity contribution is 6.35. The maximum Gasteiger partial charge on any atom is 0.125 e. The summed E-state index contributed by atoms with van der Waals surface area (Å²) in [6.07, 6.45) is 5.93. The molecule has 2 rings (SSSR count). The molecular weight excluding hydrogens is 291 g/mol. The number of hydrogen-bond donors (Lipinski definition) is 0. The Labute approximate surface area is 131 Å². The Hall–Kier alpha value is -0.730. The quantitative estimate of drug-likeness (QED) is 0.577. The fraction of sp³-hybridized carbons (Fsp3) is 0.562. The standard InChI is InChI=1S/C16H22Cl2N2/c1-3-5-8-12(7-4-2)20-14-10-6-9-13(18)16(14)19-15(20)11-17/h6,9-10,12H,3-5,7-8,11H2,1-2H3. The van der Waals surface area contributed by atoms with Crippen LogP contribution in [-0.2, 0) is 5.88 Å². The van der Waals surface area contributed by atoms with E-state index < -0.39 is 0 Å². The van der Waals surface area contributed by atoms with Gasteiger partial charge in [0.15, 0.2) is 0 Å². The second kappa shape index (κ2) is 7.33. The molecule has 0 saturated heterocycles. The monoisotopic (exact) mass is 312 g/mol. The Morgan fingerprint density at radius 3 is 2.65 bits per heavy atom. The van der Waals surface area contributed by atoms with Crippen LogP contribution in [0.15, 0.2) is 18.2 Å². The zero-order chi connectivity index (χ0) is 14.5. The van der Waals surface area contributed by atoms with Crippen molar-refractivity contribution < 1.29 is 0 Å². The lowest BCUT2D eigenvalue weighted by Gasteiger charge is -2.21. The van der Waals surface area contributed by atoms with E-state index in [0.717, 1.165) is 29.7 Å². The van der Waals surface area contributed by atoms with Gasteiger partial charge in [-0.1, -0.05) is 50.8 Å². The molecule has 1 atom stereocenters. The molecule has 110 valence electrons. The van der Waals surface area contributed by atoms with Crippen molar-refractivity contribution in [2.24, 2.45) is 0 Å². The maximum atomic E-state index is 6.27. The zero-order valence-electron chi connectivity index (χ0n) is 12.2. The molecule has 1 heterocycles. The van der Waals surface area contributed by atoms with Crippen LogP contribution in [0.1, 0.15) is 57.8 Å². The lowest BCUT2D eigenvalue weighted by molar-refractivity contribution is 0.418. The van der Waals surface area contributed by atoms with Gasteiger partial charge < -0.3 is 4.57 Å². The Morgan fingerprint density at radius 2 is 2.00 bits per heavy atom. The molecule has 0 bridgehead atoms. The third kappa shape index (κ3) is 3.12. The first kappa shape index (κ1) is 15.7. The zero-order valence-corrected chi connectivity index (χ0v) is 13.7. The first-order chi connectivity index (χ1) is 9.72. The summed E-state index contributed by atoms with van der Waals surface area (Å²) in [6, 6.07) is 6.44. The van der Waals surface area contributed by atoms with Crippen molar-refractivity contribution in [1.29, 1.82) is 0 Å². The van der Waals surface area contributed by atoms with Crippen LogP contribution < -0.4 is 0 Å². The Morgan fingerprint density at radius 1 is 1.20 bits per heavy atom. The number of unbranched alkanes of at least 4 members (excludes halogenated alkanes) is 1. The van der Waals surface area contributed by atoms with Crippen LogP contribution >= 0.6 is 23.2 Å². The van der Waals surface area contributed by atoms with Gasteiger partial charge in [0.1, 0.15) is 11.3 Å². The molecule has 0 fully saturated rings. The van der Waals surface area contributed by atoms with Gasteiger partial charge in [-0.05, 0) is 25.0 Å². The van der Waals surface area contributed by atoms with Crippen molar-refractivity contribution in [2.75, 3.05) is 0 Å². The molecule has 0 spiro atoms. The van der Waals surface area contributed by atoms with E-state index in [9.17, 15) is 0 Å². The SMILES string of the molecule is CCCCC(CCC)n1c(CCl)nc2c(Cl)cccc21. The number of imidazole rings is 1. The van der Waals surface area contributed by atoms with Crippen molar-refractivity contribution in [1.82, 2.24) is 9.55 Å². The number of hydrogen-bond acceptors (Lipinski definition) is 1. The fourth-order valence-corrected chi connectivity index (χ4v) is 3.21. The molecule has 0 amide bonds. The smallest absolute Gasteiger partial charge is 0.125 e. The summed E-state index contributed by atoms with van der Waals surface area (Å²) >= 11 is 12.4. The average molecular weight is 313 g/mol. The van der Waals surface area contributed by atoms with Crippen LogP contribution in [0.5, 0.6) is 0 Å². The lowest BCUT2D eigenvalue weighted by Crippen LogP contribution is -2.12. The van der Waals surface area contributed by atoms with E-state index >= 15 is 0 Å². The topological polar surface area (TPSA) is 17.8 Å². The van der Waals surface area contributed by atoms with Crippen LogP contribution in [0, 0.1) is 0 Å². The van der Waals surface area contributed by atoms with Crippen LogP contribution in [-0.4, -0.2) is 9.55 Å². The fourth-order valence-electron chi connectivity index (χ4n) is 2.81. The average Bonchev–Trinajstić information content (AvgIpc) is 2.83. The Kier molecular flexibility index (Phi) is 5.74. The molecule has 1 unspecified atom stereocenters. The number of benzene rings is 1. The molecular formula is C16H22Cl2N2. The van der Waals surface area contributed by atoms with Crippen molar-refractivity contribution >= 4 is 34.2 Å². The van der Waals surface area contributed by atoms with E-state index in [1.165, 1.54) is 19.3 Å². The van der Waals surface area contributed by atoms with Crippen LogP contribution in [0.3, 0.4) is 0 Å². The molecule has 1 aromatic heterocycles. The van der Waals surface area contributed by atoms with E-state index in [0.29, 0.717) is 16.9 Å². The highest BCUT2D eigenvalue weighted by Gasteiger charge is 2.19. The van der Waals surface area contributed by atoms with Gasteiger partial charge in [-0.25, -0.2) is 4.98 Å². The third-order valence-electron chi connectivity index (χ3n) is 3.74. The van der Waals surface area contributed by atoms with Crippen LogP contribution in [0.4, 0.5) is 0 Å². The molecule has 4 heteroatoms. The second-order valence-corrected chi connectivity index (χ2v) is 5.90. The van der Waals surface area contributed by atoms with Gasteiger partial charge in [0.05, 0.1) is 16.4 Å². The number of aromatic nitrogens is 2. The van der Waals surface area contributed by atoms with Gasteiger partial charge in [-0.2, -0.15) is 0 Å². The molecule has 0 aliphatic carbocycles. The molecule has 0 aliphatic rings. The molecule has 0 radical (unpaired) electrons. The van der Waals surface area contributed by atoms with Crippen LogP contribution in [0.25, 0.3) is 11.0 Å². The van der Waals surface area contributed by atoms with Crippen molar-refractivity contribution in [3.05, 3.63) is 29.0 Å². The van der Waals surface area contributed by atoms with E-state index in [-0.39, 0.29) is 0 Å². The molecule has 0 saturated carbocycles. The largest absolute Gasteiger partial charge is 0.324 e. The first-order valence-electron chi connectivity index (χ1n) is 7.44. The Bertz CT molecular complexity index is 563. The van der Waals surface area contributed by atoms with Crippen molar-refractivity contribution in [2.45, 2.75) is 57.9 Å². The number of nitrogens with zero attached hydrogens (tertiary/aromatic N) is 2. The number of rotatable bonds is 7. The van der Waals surface area contributed by atoms with Gasteiger partial charge in [0.25, 0.3) is 0 Å². The summed E-state index contributed by atoms with van der Waals surface area (Å²) < 4.78 is 2.31. The maximum absolute atomic E-state index is 6.27. The second-order valence-electron chi connectivity index (χ2n) is 5.22. The summed E-state index contributed by atoms with van der Waals surface area (Å²) in [5.41, 5.74) is 1.99. The van der Waals surface area contributed by atoms with Gasteiger partial charge in [-0.15, -0.1) is 11.6 Å². The summed E-state index contributed by atoms with van der Waals surface area (Å²) in [5.74, 6) is 1.36. The van der Waals surface area contributed by atoms with Gasteiger partial charge >= 0.3 is 0 Å². The van der Waals surface area contributed by atoms with E-state index in [1.807, 2.05) is 12.1 Å². The highest BCUT2D eigenvalue weighted by atomic mass is 35.5. The third-order valence-corrected chi connectivity index (χ3v) is 4.29. The molecule has 0 N–H and O–H groups in total. The van der Waals surface area contributed by atoms with Gasteiger partial charge in [-0.3, -0.25) is 0 Å². The molecule has 2 aromatic rings. The van der Waals surface area contributed by atoms with Crippen molar-refractivity contribution in [3.63, 3.8) is 0 Å². The first-order valence-corrected chi connectivity index (χ1v) is 8.35. The predicted molar refractivity (Wildman–Crippen MR) is 87.8 cm³/mol. The van der Waals surface area contributed by atoms with E-state index in [2.05, 4.69) is 29.5 Å². The summed E-state index contributed by atoms with van der Waals surface area (Å²) in [5, 5.41) is 0.707. The number of halogens is 2. The van der Waals surface area contributed by atoms with E-state index in [1.54, 1.807) is 0 Å². The van der Waals surface area contributed by atoms with Gasteiger partial charge in [0.2, 0.25) is 0 Å². The van der Waals surface area contributed by atoms with Crippen LogP contribution in [0.2, 0.25) is 5.02 Å². The number of fused-ring (bicyclic) bond motifs is 1. The summed E-state index contributed by atoms with van der Waals surface area (Å²) in [7, 11) is 0.